The maximum atomic E-state index is 5.92. The molecule has 0 unspecified atom stereocenters. The summed E-state index contributed by atoms with van der Waals surface area (Å²) in [5.74, 6) is 0.824. The summed E-state index contributed by atoms with van der Waals surface area (Å²) in [6.07, 6.45) is 0. The second-order valence-corrected chi connectivity index (χ2v) is 7.82. The third kappa shape index (κ3) is 3.15. The summed E-state index contributed by atoms with van der Waals surface area (Å²) in [4.78, 5) is 0. The van der Waals surface area contributed by atoms with Crippen LogP contribution in [0.1, 0.15) is 13.8 Å². The summed E-state index contributed by atoms with van der Waals surface area (Å²) in [5, 5.41) is 0. The van der Waals surface area contributed by atoms with Crippen LogP contribution in [0.5, 0.6) is 0 Å². The Bertz CT molecular complexity index is 285. The summed E-state index contributed by atoms with van der Waals surface area (Å²) in [6, 6.07) is 0. The molecule has 0 radical (unpaired) electrons. The number of hydrogen-bond donors (Lipinski definition) is 1. The molecular weight excluding hydrogens is 510 g/mol. The Morgan fingerprint density at radius 1 is 1.60 bits per heavy atom. The Kier molecular flexibility index (Phi) is 5.52. The summed E-state index contributed by atoms with van der Waals surface area (Å²) in [7, 11) is 5.83. The van der Waals surface area contributed by atoms with Gasteiger partial charge in [0, 0.05) is 0 Å². The van der Waals surface area contributed by atoms with Gasteiger partial charge in [-0.05, 0) is 0 Å². The molecular formula is C8H12BrI2O3S-. The zero-order valence-corrected chi connectivity index (χ0v) is 15.3. The van der Waals surface area contributed by atoms with Gasteiger partial charge in [0.1, 0.15) is 0 Å². The first kappa shape index (κ1) is 14.8. The van der Waals surface area contributed by atoms with Gasteiger partial charge in [0.2, 0.25) is 0 Å². The molecule has 0 aliphatic carbocycles. The number of alkyl halides is 1. The van der Waals surface area contributed by atoms with Gasteiger partial charge in [-0.1, -0.05) is 0 Å². The third-order valence-corrected chi connectivity index (χ3v) is 5.27. The fraction of sp³-hybridized carbons (Fsp3) is 0.750. The molecule has 0 bridgehead atoms. The second-order valence-electron chi connectivity index (χ2n) is 3.47. The minimum absolute atomic E-state index is 0.435. The van der Waals surface area contributed by atoms with Crippen LogP contribution in [0, 0.1) is 0 Å². The van der Waals surface area contributed by atoms with Crippen molar-refractivity contribution in [3.63, 3.8) is 0 Å². The molecule has 90 valence electrons. The van der Waals surface area contributed by atoms with Crippen LogP contribution in [0.2, 0.25) is 0 Å². The first-order chi connectivity index (χ1) is 6.87. The van der Waals surface area contributed by atoms with Gasteiger partial charge in [0.15, 0.2) is 0 Å². The van der Waals surface area contributed by atoms with Crippen molar-refractivity contribution in [3.05, 3.63) is 9.34 Å². The van der Waals surface area contributed by atoms with Crippen LogP contribution >= 0.6 is 48.3 Å². The van der Waals surface area contributed by atoms with Crippen LogP contribution in [0.4, 0.5) is 0 Å². The number of ether oxygens (including phenoxy) is 2. The van der Waals surface area contributed by atoms with E-state index in [0.717, 1.165) is 9.34 Å². The van der Waals surface area contributed by atoms with Crippen molar-refractivity contribution in [2.45, 2.75) is 24.0 Å². The average Bonchev–Trinajstić information content (AvgIpc) is 2.26. The standard InChI is InChI=1S/C8H12BrI2O3S/c1-7(4-12-3)5(10)6(13-11-15)8(2,9)14-7/h15H,4H2,1-3H3/q-1/t7-,8+/m1/s1. The van der Waals surface area contributed by atoms with Crippen LogP contribution < -0.4 is 20.2 Å². The van der Waals surface area contributed by atoms with Gasteiger partial charge in [-0.15, -0.1) is 0 Å². The second kappa shape index (κ2) is 5.59. The third-order valence-electron chi connectivity index (χ3n) is 2.02. The Morgan fingerprint density at radius 3 is 2.67 bits per heavy atom. The first-order valence-electron chi connectivity index (χ1n) is 4.11. The van der Waals surface area contributed by atoms with Gasteiger partial charge in [-0.3, -0.25) is 0 Å². The monoisotopic (exact) mass is 521 g/mol. The summed E-state index contributed by atoms with van der Waals surface area (Å²) in [5.41, 5.74) is -0.435. The Morgan fingerprint density at radius 2 is 2.20 bits per heavy atom. The van der Waals surface area contributed by atoms with E-state index in [0.29, 0.717) is 6.61 Å². The number of methoxy groups -OCH3 is 1. The van der Waals surface area contributed by atoms with Crippen molar-refractivity contribution in [2.24, 2.45) is 0 Å². The van der Waals surface area contributed by atoms with E-state index in [9.17, 15) is 0 Å². The average molecular weight is 522 g/mol. The van der Waals surface area contributed by atoms with Crippen LogP contribution in [0.15, 0.2) is 9.34 Å². The topological polar surface area (TPSA) is 27.7 Å². The minimum atomic E-state index is -0.570. The molecule has 0 spiro atoms. The Balaban J connectivity index is 3.01. The fourth-order valence-electron chi connectivity index (χ4n) is 1.46. The molecule has 0 saturated heterocycles. The molecule has 2 atom stereocenters. The van der Waals surface area contributed by atoms with Gasteiger partial charge in [0.25, 0.3) is 0 Å². The van der Waals surface area contributed by atoms with Crippen molar-refractivity contribution in [1.82, 2.24) is 0 Å². The Labute approximate surface area is 127 Å². The van der Waals surface area contributed by atoms with Gasteiger partial charge >= 0.3 is 128 Å². The van der Waals surface area contributed by atoms with Crippen LogP contribution in [-0.4, -0.2) is 23.8 Å². The number of thiol groups is 1. The Hall–Kier alpha value is 1.75. The molecule has 7 heteroatoms. The predicted molar refractivity (Wildman–Crippen MR) is 69.8 cm³/mol. The van der Waals surface area contributed by atoms with Crippen LogP contribution in [0.25, 0.3) is 0 Å². The molecule has 15 heavy (non-hydrogen) atoms. The van der Waals surface area contributed by atoms with E-state index in [-0.39, 0.29) is 0 Å². The number of hydrogen-bond acceptors (Lipinski definition) is 4. The first-order valence-corrected chi connectivity index (χ1v) is 10.1. The van der Waals surface area contributed by atoms with E-state index in [2.05, 4.69) is 48.3 Å². The molecule has 0 aromatic heterocycles. The van der Waals surface area contributed by atoms with Gasteiger partial charge in [-0.25, -0.2) is 0 Å². The molecule has 0 fully saturated rings. The molecule has 1 heterocycles. The maximum absolute atomic E-state index is 5.92. The van der Waals surface area contributed by atoms with Crippen molar-refractivity contribution >= 4 is 48.3 Å². The molecule has 0 N–H and O–H groups in total. The summed E-state index contributed by atoms with van der Waals surface area (Å²) >= 11 is 5.20. The molecule has 0 amide bonds. The van der Waals surface area contributed by atoms with Crippen molar-refractivity contribution in [2.75, 3.05) is 13.7 Å². The number of halogens is 3. The van der Waals surface area contributed by atoms with Gasteiger partial charge in [-0.2, -0.15) is 0 Å². The van der Waals surface area contributed by atoms with Gasteiger partial charge in [0.05, 0.1) is 0 Å². The molecule has 0 aromatic carbocycles. The summed E-state index contributed by atoms with van der Waals surface area (Å²) in [6.45, 7) is 4.42. The van der Waals surface area contributed by atoms with E-state index in [1.54, 1.807) is 7.11 Å². The van der Waals surface area contributed by atoms with Gasteiger partial charge < -0.3 is 0 Å². The zero-order chi connectivity index (χ0) is 11.7. The van der Waals surface area contributed by atoms with E-state index in [1.165, 1.54) is 0 Å². The molecule has 1 aliphatic rings. The SMILES string of the molecule is COC[C@@]1(C)O[C@](C)(Br)C(O[I-]S)=C1I. The van der Waals surface area contributed by atoms with Crippen molar-refractivity contribution < 1.29 is 32.8 Å². The molecule has 1 aliphatic heterocycles. The zero-order valence-electron chi connectivity index (χ0n) is 8.51. The molecule has 1 rings (SSSR count). The molecule has 3 nitrogen and oxygen atoms in total. The van der Waals surface area contributed by atoms with Crippen molar-refractivity contribution in [3.8, 4) is 0 Å². The normalized spacial score (nSPS) is 36.4. The quantitative estimate of drug-likeness (QED) is 0.322. The van der Waals surface area contributed by atoms with Crippen LogP contribution in [-0.2, 0) is 12.5 Å². The van der Waals surface area contributed by atoms with Crippen molar-refractivity contribution in [1.29, 1.82) is 0 Å². The van der Waals surface area contributed by atoms with Crippen LogP contribution in [0.3, 0.4) is 0 Å². The molecule has 0 saturated carbocycles. The van der Waals surface area contributed by atoms with E-state index in [4.69, 9.17) is 12.5 Å². The van der Waals surface area contributed by atoms with E-state index in [1.807, 2.05) is 13.8 Å². The predicted octanol–water partition coefficient (Wildman–Crippen LogP) is 0.0448. The summed E-state index contributed by atoms with van der Waals surface area (Å²) < 4.78 is 17.1. The fourth-order valence-corrected chi connectivity index (χ4v) is 5.38. The molecule has 0 aromatic rings. The van der Waals surface area contributed by atoms with E-state index >= 15 is 0 Å². The number of rotatable bonds is 4. The van der Waals surface area contributed by atoms with E-state index < -0.39 is 30.3 Å².